The molecule has 34 valence electrons. The third kappa shape index (κ3) is 3.74. The first-order chi connectivity index (χ1) is 2.77. The van der Waals surface area contributed by atoms with E-state index >= 15 is 0 Å². The van der Waals surface area contributed by atoms with Crippen molar-refractivity contribution in [2.75, 3.05) is 0 Å². The number of hydrogen-bond donors (Lipinski definition) is 0. The first kappa shape index (κ1) is 5.74. The normalized spacial score (nSPS) is 9.17. The number of allylic oxidation sites excluding steroid dienone is 1. The Morgan fingerprint density at radius 2 is 2.50 bits per heavy atom. The molecule has 1 unspecified atom stereocenters. The van der Waals surface area contributed by atoms with Gasteiger partial charge in [-0.25, -0.2) is 0 Å². The van der Waals surface area contributed by atoms with Crippen molar-refractivity contribution in [2.45, 2.75) is 13.3 Å². The fourth-order valence-electron chi connectivity index (χ4n) is 0.232. The van der Waals surface area contributed by atoms with Crippen LogP contribution in [0.15, 0.2) is 6.08 Å². The predicted molar refractivity (Wildman–Crippen MR) is 28.0 cm³/mol. The van der Waals surface area contributed by atoms with E-state index in [4.69, 9.17) is 6.58 Å². The third-order valence-electron chi connectivity index (χ3n) is 0.538. The molecule has 0 spiro atoms. The summed E-state index contributed by atoms with van der Waals surface area (Å²) in [5, 5.41) is 0. The lowest BCUT2D eigenvalue weighted by atomic mass is 10.1. The average Bonchev–Trinajstić information content (AvgIpc) is 1.35. The molecule has 0 aromatic heterocycles. The quantitative estimate of drug-likeness (QED) is 0.476. The smallest absolute Gasteiger partial charge is 0.0322 e. The van der Waals surface area contributed by atoms with Crippen LogP contribution < -0.4 is 0 Å². The van der Waals surface area contributed by atoms with Gasteiger partial charge >= 0.3 is 0 Å². The van der Waals surface area contributed by atoms with Crippen molar-refractivity contribution in [1.82, 2.24) is 0 Å². The van der Waals surface area contributed by atoms with E-state index in [9.17, 15) is 0 Å². The van der Waals surface area contributed by atoms with E-state index in [1.807, 2.05) is 6.92 Å². The Balaban J connectivity index is 2.81. The lowest BCUT2D eigenvalue weighted by molar-refractivity contribution is 0.740. The van der Waals surface area contributed by atoms with Crippen molar-refractivity contribution >= 4 is 0 Å². The standard InChI is InChI=1S/C6H10/c1-4-5-6(2)3/h1,4,6H,2,5H2,3H3. The molecule has 0 nitrogen and oxygen atoms in total. The van der Waals surface area contributed by atoms with Gasteiger partial charge in [-0.15, -0.1) is 0 Å². The maximum Gasteiger partial charge on any atom is -0.0322 e. The zero-order valence-electron chi connectivity index (χ0n) is 4.15. The van der Waals surface area contributed by atoms with Crippen LogP contribution in [0.3, 0.4) is 0 Å². The van der Waals surface area contributed by atoms with Crippen molar-refractivity contribution in [2.24, 2.45) is 5.92 Å². The van der Waals surface area contributed by atoms with E-state index in [2.05, 4.69) is 6.92 Å². The Morgan fingerprint density at radius 3 is 2.50 bits per heavy atom. The summed E-state index contributed by atoms with van der Waals surface area (Å²) in [5.41, 5.74) is 0. The second kappa shape index (κ2) is 2.95. The van der Waals surface area contributed by atoms with Crippen molar-refractivity contribution in [3.8, 4) is 0 Å². The van der Waals surface area contributed by atoms with Crippen LogP contribution in [-0.4, -0.2) is 0 Å². The van der Waals surface area contributed by atoms with Gasteiger partial charge in [-0.3, -0.25) is 0 Å². The van der Waals surface area contributed by atoms with Gasteiger partial charge in [0.15, 0.2) is 0 Å². The summed E-state index contributed by atoms with van der Waals surface area (Å²) < 4.78 is 0. The second-order valence-electron chi connectivity index (χ2n) is 1.58. The lowest BCUT2D eigenvalue weighted by Gasteiger charge is -1.92. The van der Waals surface area contributed by atoms with Crippen molar-refractivity contribution in [3.63, 3.8) is 0 Å². The van der Waals surface area contributed by atoms with E-state index < -0.39 is 0 Å². The highest BCUT2D eigenvalue weighted by Crippen LogP contribution is 1.96. The van der Waals surface area contributed by atoms with E-state index in [-0.39, 0.29) is 0 Å². The molecule has 0 aromatic rings. The molecule has 0 N–H and O–H groups in total. The monoisotopic (exact) mass is 82.1 g/mol. The fraction of sp³-hybridized carbons (Fsp3) is 0.500. The highest BCUT2D eigenvalue weighted by molar-refractivity contribution is 4.67. The highest BCUT2D eigenvalue weighted by Gasteiger charge is 1.83. The summed E-state index contributed by atoms with van der Waals surface area (Å²) in [6.07, 6.45) is 2.55. The zero-order chi connectivity index (χ0) is 4.99. The van der Waals surface area contributed by atoms with Gasteiger partial charge in [-0.1, -0.05) is 26.5 Å². The Morgan fingerprint density at radius 1 is 2.00 bits per heavy atom. The largest absolute Gasteiger partial charge is 0.0843 e. The molecule has 0 heterocycles. The van der Waals surface area contributed by atoms with Crippen LogP contribution in [0.4, 0.5) is 0 Å². The average molecular weight is 82.1 g/mol. The molecule has 0 saturated heterocycles. The van der Waals surface area contributed by atoms with Crippen LogP contribution in [0, 0.1) is 19.4 Å². The Bertz CT molecular complexity index is 35.3. The Hall–Kier alpha value is -0.260. The Labute approximate surface area is 39.9 Å². The summed E-state index contributed by atoms with van der Waals surface area (Å²) in [7, 11) is 0. The van der Waals surface area contributed by atoms with Gasteiger partial charge in [0.2, 0.25) is 0 Å². The zero-order valence-corrected chi connectivity index (χ0v) is 4.15. The van der Waals surface area contributed by atoms with E-state index in [0.29, 0.717) is 5.92 Å². The molecule has 0 fully saturated rings. The number of hydrogen-bond acceptors (Lipinski definition) is 0. The molecule has 0 saturated carbocycles. The van der Waals surface area contributed by atoms with Crippen LogP contribution in [-0.2, 0) is 0 Å². The molecular formula is C6H10. The molecule has 0 rings (SSSR count). The molecular weight excluding hydrogens is 72.1 g/mol. The summed E-state index contributed by atoms with van der Waals surface area (Å²) in [6, 6.07) is 0. The molecule has 1 atom stereocenters. The second-order valence-corrected chi connectivity index (χ2v) is 1.58. The minimum absolute atomic E-state index is 0.468. The van der Waals surface area contributed by atoms with Crippen molar-refractivity contribution in [3.05, 3.63) is 19.6 Å². The number of rotatable bonds is 2. The van der Waals surface area contributed by atoms with Crippen LogP contribution in [0.25, 0.3) is 0 Å². The first-order valence-electron chi connectivity index (χ1n) is 2.14. The molecule has 0 heteroatoms. The van der Waals surface area contributed by atoms with Crippen molar-refractivity contribution < 1.29 is 0 Å². The van der Waals surface area contributed by atoms with Gasteiger partial charge < -0.3 is 0 Å². The topological polar surface area (TPSA) is 0 Å². The molecule has 0 amide bonds. The summed E-state index contributed by atoms with van der Waals surface area (Å²) >= 11 is 0. The molecule has 6 heavy (non-hydrogen) atoms. The molecule has 0 bridgehead atoms. The molecule has 0 aliphatic heterocycles. The predicted octanol–water partition coefficient (Wildman–Crippen LogP) is 1.84. The van der Waals surface area contributed by atoms with Crippen molar-refractivity contribution in [1.29, 1.82) is 0 Å². The maximum absolute atomic E-state index is 5.06. The summed E-state index contributed by atoms with van der Waals surface area (Å²) in [6.45, 7) is 10.8. The highest BCUT2D eigenvalue weighted by atomic mass is 13.9. The maximum atomic E-state index is 5.06. The Kier molecular flexibility index (Phi) is 2.82. The van der Waals surface area contributed by atoms with Gasteiger partial charge in [-0.2, -0.15) is 0 Å². The molecule has 2 radical (unpaired) electrons. The van der Waals surface area contributed by atoms with Gasteiger partial charge in [0.05, 0.1) is 0 Å². The van der Waals surface area contributed by atoms with E-state index in [1.54, 1.807) is 6.08 Å². The minimum atomic E-state index is 0.468. The SMILES string of the molecule is [CH]=CCC([CH2])C. The van der Waals surface area contributed by atoms with Crippen LogP contribution in [0.1, 0.15) is 13.3 Å². The minimum Gasteiger partial charge on any atom is -0.0843 e. The molecule has 0 aliphatic rings. The van der Waals surface area contributed by atoms with E-state index in [1.165, 1.54) is 0 Å². The summed E-state index contributed by atoms with van der Waals surface area (Å²) in [4.78, 5) is 0. The first-order valence-corrected chi connectivity index (χ1v) is 2.14. The fourth-order valence-corrected chi connectivity index (χ4v) is 0.232. The van der Waals surface area contributed by atoms with Gasteiger partial charge in [0, 0.05) is 0 Å². The molecule has 0 aromatic carbocycles. The van der Waals surface area contributed by atoms with Crippen LogP contribution in [0.2, 0.25) is 0 Å². The lowest BCUT2D eigenvalue weighted by Crippen LogP contribution is -1.79. The van der Waals surface area contributed by atoms with Crippen LogP contribution in [0.5, 0.6) is 0 Å². The van der Waals surface area contributed by atoms with Gasteiger partial charge in [0.1, 0.15) is 0 Å². The van der Waals surface area contributed by atoms with E-state index in [0.717, 1.165) is 6.42 Å². The van der Waals surface area contributed by atoms with Crippen LogP contribution >= 0.6 is 0 Å². The molecule has 0 aliphatic carbocycles. The van der Waals surface area contributed by atoms with Gasteiger partial charge in [0.25, 0.3) is 0 Å². The summed E-state index contributed by atoms with van der Waals surface area (Å²) in [5.74, 6) is 0.468. The van der Waals surface area contributed by atoms with Gasteiger partial charge in [-0.05, 0) is 12.3 Å². The third-order valence-corrected chi connectivity index (χ3v) is 0.538.